The van der Waals surface area contributed by atoms with Crippen LogP contribution in [0, 0.1) is 0 Å². The van der Waals surface area contributed by atoms with Gasteiger partial charge in [0.15, 0.2) is 0 Å². The fraction of sp³-hybridized carbons (Fsp3) is 0.118. The van der Waals surface area contributed by atoms with Crippen molar-refractivity contribution in [3.8, 4) is 0 Å². The Morgan fingerprint density at radius 3 is 2.56 bits per heavy atom. The SMILES string of the molecule is O=C(NCc1ccco1)c1cnc(Nc2cc(C(F)(F)F)ccc2Cl)nc1. The number of alkyl halides is 3. The smallest absolute Gasteiger partial charge is 0.416 e. The highest BCUT2D eigenvalue weighted by Gasteiger charge is 2.31. The average molecular weight is 397 g/mol. The Bertz CT molecular complexity index is 928. The van der Waals surface area contributed by atoms with Crippen molar-refractivity contribution in [3.63, 3.8) is 0 Å². The Morgan fingerprint density at radius 2 is 1.93 bits per heavy atom. The number of carbonyl (C=O) groups excluding carboxylic acids is 1. The van der Waals surface area contributed by atoms with Crippen LogP contribution >= 0.6 is 11.6 Å². The molecule has 0 aliphatic rings. The van der Waals surface area contributed by atoms with E-state index in [9.17, 15) is 18.0 Å². The molecular formula is C17H12ClF3N4O2. The monoisotopic (exact) mass is 396 g/mol. The lowest BCUT2D eigenvalue weighted by Gasteiger charge is -2.11. The van der Waals surface area contributed by atoms with Gasteiger partial charge >= 0.3 is 6.18 Å². The van der Waals surface area contributed by atoms with Gasteiger partial charge in [0.05, 0.1) is 34.6 Å². The number of amides is 1. The van der Waals surface area contributed by atoms with E-state index < -0.39 is 17.6 Å². The van der Waals surface area contributed by atoms with Crippen LogP contribution in [0.25, 0.3) is 0 Å². The molecule has 0 radical (unpaired) electrons. The molecule has 27 heavy (non-hydrogen) atoms. The third-order valence-electron chi connectivity index (χ3n) is 3.46. The lowest BCUT2D eigenvalue weighted by atomic mass is 10.2. The first-order valence-electron chi connectivity index (χ1n) is 7.59. The number of hydrogen-bond donors (Lipinski definition) is 2. The molecule has 3 aromatic rings. The molecule has 0 atom stereocenters. The third kappa shape index (κ3) is 4.76. The molecule has 0 aliphatic carbocycles. The van der Waals surface area contributed by atoms with E-state index in [4.69, 9.17) is 16.0 Å². The van der Waals surface area contributed by atoms with Crippen LogP contribution in [-0.2, 0) is 12.7 Å². The van der Waals surface area contributed by atoms with Crippen molar-refractivity contribution in [3.05, 3.63) is 70.9 Å². The van der Waals surface area contributed by atoms with Crippen LogP contribution in [0.3, 0.4) is 0 Å². The summed E-state index contributed by atoms with van der Waals surface area (Å²) in [5, 5.41) is 5.30. The second-order valence-electron chi connectivity index (χ2n) is 5.37. The molecule has 0 unspecified atom stereocenters. The molecule has 3 rings (SSSR count). The van der Waals surface area contributed by atoms with Gasteiger partial charge in [-0.25, -0.2) is 9.97 Å². The molecule has 0 aliphatic heterocycles. The minimum Gasteiger partial charge on any atom is -0.467 e. The van der Waals surface area contributed by atoms with Crippen LogP contribution in [0.1, 0.15) is 21.7 Å². The summed E-state index contributed by atoms with van der Waals surface area (Å²) in [4.78, 5) is 19.9. The zero-order valence-corrected chi connectivity index (χ0v) is 14.3. The van der Waals surface area contributed by atoms with E-state index in [0.29, 0.717) is 5.76 Å². The van der Waals surface area contributed by atoms with Gasteiger partial charge in [0.25, 0.3) is 5.91 Å². The zero-order chi connectivity index (χ0) is 19.4. The van der Waals surface area contributed by atoms with Crippen molar-refractivity contribution in [1.29, 1.82) is 0 Å². The van der Waals surface area contributed by atoms with Crippen molar-refractivity contribution in [2.75, 3.05) is 5.32 Å². The van der Waals surface area contributed by atoms with Gasteiger partial charge in [-0.2, -0.15) is 13.2 Å². The predicted molar refractivity (Wildman–Crippen MR) is 91.6 cm³/mol. The summed E-state index contributed by atoms with van der Waals surface area (Å²) < 4.78 is 43.5. The molecule has 0 bridgehead atoms. The van der Waals surface area contributed by atoms with E-state index in [-0.39, 0.29) is 28.8 Å². The number of hydrogen-bond acceptors (Lipinski definition) is 5. The lowest BCUT2D eigenvalue weighted by Crippen LogP contribution is -2.23. The fourth-order valence-corrected chi connectivity index (χ4v) is 2.28. The first kappa shape index (κ1) is 18.7. The maximum atomic E-state index is 12.8. The highest BCUT2D eigenvalue weighted by molar-refractivity contribution is 6.33. The molecule has 0 saturated heterocycles. The molecule has 140 valence electrons. The summed E-state index contributed by atoms with van der Waals surface area (Å²) in [6, 6.07) is 6.27. The molecule has 2 heterocycles. The molecular weight excluding hydrogens is 385 g/mol. The standard InChI is InChI=1S/C17H12ClF3N4O2/c18-13-4-3-11(17(19,20)21)6-14(13)25-16-23-7-10(8-24-16)15(26)22-9-12-2-1-5-27-12/h1-8H,9H2,(H,22,26)(H,23,24,25). The van der Waals surface area contributed by atoms with Crippen LogP contribution in [-0.4, -0.2) is 15.9 Å². The molecule has 10 heteroatoms. The molecule has 0 saturated carbocycles. The highest BCUT2D eigenvalue weighted by atomic mass is 35.5. The number of benzene rings is 1. The van der Waals surface area contributed by atoms with Crippen LogP contribution in [0.2, 0.25) is 5.02 Å². The Morgan fingerprint density at radius 1 is 1.19 bits per heavy atom. The molecule has 2 N–H and O–H groups in total. The van der Waals surface area contributed by atoms with Gasteiger partial charge in [0, 0.05) is 12.4 Å². The second kappa shape index (κ2) is 7.67. The van der Waals surface area contributed by atoms with Crippen molar-refractivity contribution in [1.82, 2.24) is 15.3 Å². The van der Waals surface area contributed by atoms with Crippen molar-refractivity contribution in [2.24, 2.45) is 0 Å². The number of aromatic nitrogens is 2. The summed E-state index contributed by atoms with van der Waals surface area (Å²) in [5.74, 6) is 0.163. The third-order valence-corrected chi connectivity index (χ3v) is 3.79. The Hall–Kier alpha value is -3.07. The van der Waals surface area contributed by atoms with E-state index in [0.717, 1.165) is 18.2 Å². The van der Waals surface area contributed by atoms with Crippen molar-refractivity contribution < 1.29 is 22.4 Å². The minimum atomic E-state index is -4.50. The number of nitrogens with zero attached hydrogens (tertiary/aromatic N) is 2. The van der Waals surface area contributed by atoms with Gasteiger partial charge in [0.1, 0.15) is 5.76 Å². The van der Waals surface area contributed by atoms with Gasteiger partial charge < -0.3 is 15.1 Å². The van der Waals surface area contributed by atoms with E-state index >= 15 is 0 Å². The first-order chi connectivity index (χ1) is 12.8. The number of nitrogens with one attached hydrogen (secondary N) is 2. The van der Waals surface area contributed by atoms with Crippen LogP contribution in [0.5, 0.6) is 0 Å². The maximum absolute atomic E-state index is 12.8. The van der Waals surface area contributed by atoms with Crippen molar-refractivity contribution in [2.45, 2.75) is 12.7 Å². The second-order valence-corrected chi connectivity index (χ2v) is 5.78. The number of anilines is 2. The van der Waals surface area contributed by atoms with Gasteiger partial charge in [-0.3, -0.25) is 4.79 Å². The summed E-state index contributed by atoms with van der Waals surface area (Å²) in [7, 11) is 0. The lowest BCUT2D eigenvalue weighted by molar-refractivity contribution is -0.137. The highest BCUT2D eigenvalue weighted by Crippen LogP contribution is 2.34. The van der Waals surface area contributed by atoms with Crippen LogP contribution in [0.4, 0.5) is 24.8 Å². The molecule has 0 fully saturated rings. The van der Waals surface area contributed by atoms with Crippen LogP contribution in [0.15, 0.2) is 53.4 Å². The topological polar surface area (TPSA) is 80.0 Å². The largest absolute Gasteiger partial charge is 0.467 e. The zero-order valence-electron chi connectivity index (χ0n) is 13.5. The quantitative estimate of drug-likeness (QED) is 0.667. The molecule has 0 spiro atoms. The van der Waals surface area contributed by atoms with Gasteiger partial charge in [-0.15, -0.1) is 0 Å². The Kier molecular flexibility index (Phi) is 5.31. The Balaban J connectivity index is 1.68. The van der Waals surface area contributed by atoms with Gasteiger partial charge in [-0.05, 0) is 30.3 Å². The van der Waals surface area contributed by atoms with E-state index in [1.54, 1.807) is 12.1 Å². The molecule has 1 amide bonds. The number of halogens is 4. The van der Waals surface area contributed by atoms with E-state index in [1.165, 1.54) is 18.7 Å². The minimum absolute atomic E-state index is 0.00110. The summed E-state index contributed by atoms with van der Waals surface area (Å²) in [5.41, 5.74) is -0.674. The summed E-state index contributed by atoms with van der Waals surface area (Å²) in [6.07, 6.45) is -0.523. The number of carbonyl (C=O) groups is 1. The van der Waals surface area contributed by atoms with Gasteiger partial charge in [-0.1, -0.05) is 11.6 Å². The van der Waals surface area contributed by atoms with Crippen molar-refractivity contribution >= 4 is 29.1 Å². The Labute approximate surface area is 156 Å². The van der Waals surface area contributed by atoms with Gasteiger partial charge in [0.2, 0.25) is 5.95 Å². The normalized spacial score (nSPS) is 11.3. The average Bonchev–Trinajstić information content (AvgIpc) is 3.15. The maximum Gasteiger partial charge on any atom is 0.416 e. The summed E-state index contributed by atoms with van der Waals surface area (Å²) in [6.45, 7) is 0.200. The van der Waals surface area contributed by atoms with Crippen LogP contribution < -0.4 is 10.6 Å². The predicted octanol–water partition coefficient (Wildman–Crippen LogP) is 4.42. The molecule has 6 nitrogen and oxygen atoms in total. The van der Waals surface area contributed by atoms with E-state index in [1.807, 2.05) is 0 Å². The first-order valence-corrected chi connectivity index (χ1v) is 7.97. The molecule has 1 aromatic carbocycles. The number of furan rings is 1. The molecule has 2 aromatic heterocycles. The fourth-order valence-electron chi connectivity index (χ4n) is 2.11. The number of rotatable bonds is 5. The summed E-state index contributed by atoms with van der Waals surface area (Å²) >= 11 is 5.91. The van der Waals surface area contributed by atoms with E-state index in [2.05, 4.69) is 20.6 Å².